The lowest BCUT2D eigenvalue weighted by Gasteiger charge is -2.23. The van der Waals surface area contributed by atoms with Gasteiger partial charge in [0.25, 0.3) is 0 Å². The van der Waals surface area contributed by atoms with Crippen LogP contribution in [0.3, 0.4) is 0 Å². The molecule has 37 heavy (non-hydrogen) atoms. The molecular formula is C31H33N2O4+. The Labute approximate surface area is 217 Å². The average Bonchev–Trinajstić information content (AvgIpc) is 3.16. The summed E-state index contributed by atoms with van der Waals surface area (Å²) >= 11 is 0. The highest BCUT2D eigenvalue weighted by atomic mass is 16.4. The van der Waals surface area contributed by atoms with Gasteiger partial charge in [-0.05, 0) is 55.8 Å². The monoisotopic (exact) mass is 497 g/mol. The van der Waals surface area contributed by atoms with Crippen molar-refractivity contribution in [2.45, 2.75) is 38.5 Å². The van der Waals surface area contributed by atoms with Crippen LogP contribution in [-0.4, -0.2) is 46.5 Å². The van der Waals surface area contributed by atoms with E-state index in [4.69, 9.17) is 0 Å². The van der Waals surface area contributed by atoms with Crippen molar-refractivity contribution in [2.24, 2.45) is 0 Å². The molecule has 0 aliphatic carbocycles. The Balaban J connectivity index is 1.48. The molecule has 6 nitrogen and oxygen atoms in total. The fourth-order valence-electron chi connectivity index (χ4n) is 5.42. The molecule has 0 bridgehead atoms. The molecule has 2 N–H and O–H groups in total. The first-order chi connectivity index (χ1) is 17.4. The quantitative estimate of drug-likeness (QED) is 0.374. The number of fused-ring (bicyclic) bond motifs is 2. The van der Waals surface area contributed by atoms with Crippen molar-refractivity contribution in [3.63, 3.8) is 0 Å². The maximum absolute atomic E-state index is 11.4. The first kappa shape index (κ1) is 25.9. The van der Waals surface area contributed by atoms with Crippen LogP contribution in [0.25, 0.3) is 0 Å². The van der Waals surface area contributed by atoms with Gasteiger partial charge in [0.1, 0.15) is 7.05 Å². The summed E-state index contributed by atoms with van der Waals surface area (Å²) in [5, 5.41) is 18.7. The number of benzene rings is 2. The minimum atomic E-state index is -0.920. The molecule has 2 aliphatic heterocycles. The van der Waals surface area contributed by atoms with Gasteiger partial charge >= 0.3 is 11.9 Å². The summed E-state index contributed by atoms with van der Waals surface area (Å²) in [6.45, 7) is 8.42. The van der Waals surface area contributed by atoms with Crippen molar-refractivity contribution in [1.82, 2.24) is 0 Å². The minimum absolute atomic E-state index is 0.297. The fourth-order valence-corrected chi connectivity index (χ4v) is 5.42. The number of hydrogen-bond acceptors (Lipinski definition) is 3. The van der Waals surface area contributed by atoms with Crippen LogP contribution in [0.5, 0.6) is 0 Å². The molecule has 2 aliphatic rings. The molecule has 190 valence electrons. The molecule has 4 rings (SSSR count). The van der Waals surface area contributed by atoms with E-state index < -0.39 is 11.9 Å². The molecule has 2 aromatic carbocycles. The van der Waals surface area contributed by atoms with Crippen LogP contribution in [0.1, 0.15) is 59.5 Å². The zero-order valence-electron chi connectivity index (χ0n) is 22.1. The number of carbonyl (C=O) groups is 2. The third kappa shape index (κ3) is 4.44. The summed E-state index contributed by atoms with van der Waals surface area (Å²) < 4.78 is 2.11. The maximum Gasteiger partial charge on any atom is 0.335 e. The van der Waals surface area contributed by atoms with Gasteiger partial charge in [-0.25, -0.2) is 9.59 Å². The van der Waals surface area contributed by atoms with E-state index in [9.17, 15) is 19.8 Å². The second-order valence-electron chi connectivity index (χ2n) is 10.5. The Bertz CT molecular complexity index is 1450. The van der Waals surface area contributed by atoms with Gasteiger partial charge < -0.3 is 15.1 Å². The number of likely N-dealkylation sites (N-methyl/N-ethyl adjacent to an activating group) is 1. The Morgan fingerprint density at radius 3 is 2.03 bits per heavy atom. The Morgan fingerprint density at radius 2 is 1.38 bits per heavy atom. The first-order valence-corrected chi connectivity index (χ1v) is 12.2. The molecule has 0 spiro atoms. The average molecular weight is 498 g/mol. The first-order valence-electron chi connectivity index (χ1n) is 12.2. The number of hydrogen-bond donors (Lipinski definition) is 2. The van der Waals surface area contributed by atoms with Crippen molar-refractivity contribution < 1.29 is 24.4 Å². The smallest absolute Gasteiger partial charge is 0.335 e. The van der Waals surface area contributed by atoms with Crippen molar-refractivity contribution in [1.29, 1.82) is 0 Å². The highest BCUT2D eigenvalue weighted by Crippen LogP contribution is 2.47. The topological polar surface area (TPSA) is 80.8 Å². The predicted octanol–water partition coefficient (Wildman–Crippen LogP) is 6.07. The van der Waals surface area contributed by atoms with Crippen LogP contribution in [0.15, 0.2) is 84.6 Å². The number of allylic oxidation sites excluding steroid dienone is 8. The van der Waals surface area contributed by atoms with Crippen molar-refractivity contribution >= 4 is 29.0 Å². The number of nitrogens with zero attached hydrogens (tertiary/aromatic N) is 2. The molecule has 0 atom stereocenters. The zero-order valence-corrected chi connectivity index (χ0v) is 22.1. The van der Waals surface area contributed by atoms with Gasteiger partial charge in [-0.15, -0.1) is 0 Å². The van der Waals surface area contributed by atoms with Crippen LogP contribution in [-0.2, 0) is 10.8 Å². The lowest BCUT2D eigenvalue weighted by atomic mass is 9.81. The van der Waals surface area contributed by atoms with E-state index in [1.165, 1.54) is 0 Å². The molecule has 6 heteroatoms. The Kier molecular flexibility index (Phi) is 6.55. The lowest BCUT2D eigenvalue weighted by Crippen LogP contribution is -2.26. The Hall–Kier alpha value is -4.19. The van der Waals surface area contributed by atoms with E-state index in [0.717, 1.165) is 33.9 Å². The van der Waals surface area contributed by atoms with E-state index in [-0.39, 0.29) is 10.8 Å². The molecule has 0 saturated carbocycles. The van der Waals surface area contributed by atoms with Crippen LogP contribution < -0.4 is 4.90 Å². The maximum atomic E-state index is 11.4. The molecule has 0 radical (unpaired) electrons. The highest BCUT2D eigenvalue weighted by molar-refractivity contribution is 6.03. The second kappa shape index (κ2) is 9.36. The van der Waals surface area contributed by atoms with E-state index in [1.54, 1.807) is 24.3 Å². The van der Waals surface area contributed by atoms with Gasteiger partial charge in [-0.1, -0.05) is 44.2 Å². The molecule has 0 fully saturated rings. The molecule has 0 unspecified atom stereocenters. The van der Waals surface area contributed by atoms with Crippen LogP contribution >= 0.6 is 0 Å². The summed E-state index contributed by atoms with van der Waals surface area (Å²) in [6.07, 6.45) is 14.0. The number of rotatable bonds is 6. The summed E-state index contributed by atoms with van der Waals surface area (Å²) in [5.74, 6) is -1.84. The van der Waals surface area contributed by atoms with Gasteiger partial charge in [0, 0.05) is 41.6 Å². The minimum Gasteiger partial charge on any atom is -0.478 e. The standard InChI is InChI=1S/C31H32N2O4/c1-30(2)22-18-20(28(34)35)14-16-24(22)32(5)26(30)12-10-8-7-9-11-13-27-31(3,4)23-19-21(29(36)37)15-17-25(23)33(27)6/h7-19H,1-6H3,(H-,34,35,36,37)/p+1. The van der Waals surface area contributed by atoms with Crippen LogP contribution in [0.4, 0.5) is 11.4 Å². The van der Waals surface area contributed by atoms with E-state index in [0.29, 0.717) is 11.1 Å². The van der Waals surface area contributed by atoms with Gasteiger partial charge in [0.05, 0.1) is 16.5 Å². The van der Waals surface area contributed by atoms with Crippen molar-refractivity contribution in [3.8, 4) is 0 Å². The number of anilines is 1. The second-order valence-corrected chi connectivity index (χ2v) is 10.5. The lowest BCUT2D eigenvalue weighted by molar-refractivity contribution is -0.401. The Morgan fingerprint density at radius 1 is 0.811 bits per heavy atom. The largest absolute Gasteiger partial charge is 0.478 e. The summed E-state index contributed by atoms with van der Waals surface area (Å²) in [6, 6.07) is 10.6. The summed E-state index contributed by atoms with van der Waals surface area (Å²) in [4.78, 5) is 25.0. The van der Waals surface area contributed by atoms with Crippen molar-refractivity contribution in [3.05, 3.63) is 107 Å². The predicted molar refractivity (Wildman–Crippen MR) is 148 cm³/mol. The number of carboxylic acid groups (broad SMARTS) is 2. The van der Waals surface area contributed by atoms with Crippen molar-refractivity contribution in [2.75, 3.05) is 19.0 Å². The van der Waals surface area contributed by atoms with Gasteiger partial charge in [0.2, 0.25) is 5.69 Å². The third-order valence-electron chi connectivity index (χ3n) is 7.51. The molecule has 2 heterocycles. The molecule has 0 aromatic heterocycles. The molecule has 0 amide bonds. The molecule has 2 aromatic rings. The van der Waals surface area contributed by atoms with Crippen LogP contribution in [0, 0.1) is 0 Å². The number of carboxylic acids is 2. The van der Waals surface area contributed by atoms with Gasteiger partial charge in [-0.3, -0.25) is 0 Å². The summed E-state index contributed by atoms with van der Waals surface area (Å²) in [7, 11) is 4.00. The SMILES string of the molecule is CN1C(=CC=CC=CC=CC2=[N+](C)c3ccc(C(=O)O)cc3C2(C)C)C(C)(C)c2cc(C(=O)O)ccc21. The molecule has 0 saturated heterocycles. The highest BCUT2D eigenvalue weighted by Gasteiger charge is 2.43. The molecular weight excluding hydrogens is 464 g/mol. The van der Waals surface area contributed by atoms with E-state index >= 15 is 0 Å². The van der Waals surface area contributed by atoms with Gasteiger partial charge in [-0.2, -0.15) is 4.58 Å². The fraction of sp³-hybridized carbons (Fsp3) is 0.258. The van der Waals surface area contributed by atoms with Crippen LogP contribution in [0.2, 0.25) is 0 Å². The van der Waals surface area contributed by atoms with E-state index in [1.807, 2.05) is 56.6 Å². The normalized spacial score (nSPS) is 19.0. The summed E-state index contributed by atoms with van der Waals surface area (Å²) in [5.41, 5.74) is 6.20. The zero-order chi connectivity index (χ0) is 27.1. The third-order valence-corrected chi connectivity index (χ3v) is 7.51. The number of aromatic carboxylic acids is 2. The van der Waals surface area contributed by atoms with Gasteiger partial charge in [0.15, 0.2) is 5.71 Å². The van der Waals surface area contributed by atoms with E-state index in [2.05, 4.69) is 49.3 Å².